The summed E-state index contributed by atoms with van der Waals surface area (Å²) >= 11 is 0. The summed E-state index contributed by atoms with van der Waals surface area (Å²) in [6, 6.07) is 11.8. The number of hydrogen-bond acceptors (Lipinski definition) is 4. The Morgan fingerprint density at radius 2 is 1.88 bits per heavy atom. The second kappa shape index (κ2) is 4.45. The molecule has 1 aliphatic carbocycles. The molecule has 5 heteroatoms. The van der Waals surface area contributed by atoms with Crippen LogP contribution in [0, 0.1) is 0 Å². The van der Waals surface area contributed by atoms with E-state index in [1.807, 2.05) is 19.9 Å². The van der Waals surface area contributed by atoms with Crippen LogP contribution in [0.25, 0.3) is 0 Å². The minimum absolute atomic E-state index is 0.237. The Morgan fingerprint density at radius 1 is 1.17 bits per heavy atom. The number of carbonyl (C=O) groups excluding carboxylic acids is 2. The SMILES string of the molecule is CC(C)c1ccc2c(c1)OC1(C(N)=O)c3ccccc3C(=O)C21O. The fourth-order valence-corrected chi connectivity index (χ4v) is 3.79. The Balaban J connectivity index is 2.04. The van der Waals surface area contributed by atoms with E-state index >= 15 is 0 Å². The number of rotatable bonds is 2. The number of fused-ring (bicyclic) bond motifs is 5. The molecule has 3 N–H and O–H groups in total. The summed E-state index contributed by atoms with van der Waals surface area (Å²) in [4.78, 5) is 25.3. The maximum absolute atomic E-state index is 13.0. The molecular weight excluding hydrogens is 306 g/mol. The van der Waals surface area contributed by atoms with E-state index in [2.05, 4.69) is 0 Å². The fraction of sp³-hybridized carbons (Fsp3) is 0.263. The third kappa shape index (κ3) is 1.43. The molecule has 0 saturated carbocycles. The van der Waals surface area contributed by atoms with Gasteiger partial charge in [-0.05, 0) is 17.5 Å². The predicted molar refractivity (Wildman–Crippen MR) is 86.7 cm³/mol. The number of carbonyl (C=O) groups is 2. The molecule has 2 aromatic rings. The molecule has 122 valence electrons. The first-order valence-corrected chi connectivity index (χ1v) is 7.84. The lowest BCUT2D eigenvalue weighted by molar-refractivity contribution is -0.150. The van der Waals surface area contributed by atoms with Crippen LogP contribution in [0.4, 0.5) is 0 Å². The molecule has 0 bridgehead atoms. The summed E-state index contributed by atoms with van der Waals surface area (Å²) in [6.07, 6.45) is 0. The van der Waals surface area contributed by atoms with Gasteiger partial charge in [0.25, 0.3) is 11.5 Å². The molecule has 4 rings (SSSR count). The Labute approximate surface area is 139 Å². The summed E-state index contributed by atoms with van der Waals surface area (Å²) in [6.45, 7) is 4.05. The van der Waals surface area contributed by atoms with Crippen molar-refractivity contribution < 1.29 is 19.4 Å². The number of amides is 1. The van der Waals surface area contributed by atoms with Crippen molar-refractivity contribution in [2.75, 3.05) is 0 Å². The maximum atomic E-state index is 13.0. The van der Waals surface area contributed by atoms with Crippen LogP contribution in [0.15, 0.2) is 42.5 Å². The van der Waals surface area contributed by atoms with Gasteiger partial charge in [-0.25, -0.2) is 0 Å². The van der Waals surface area contributed by atoms with Gasteiger partial charge in [-0.2, -0.15) is 0 Å². The fourth-order valence-electron chi connectivity index (χ4n) is 3.79. The zero-order valence-corrected chi connectivity index (χ0v) is 13.4. The molecule has 0 fully saturated rings. The first-order chi connectivity index (χ1) is 11.3. The predicted octanol–water partition coefficient (Wildman–Crippen LogP) is 1.97. The highest BCUT2D eigenvalue weighted by molar-refractivity contribution is 6.15. The third-order valence-corrected chi connectivity index (χ3v) is 5.06. The second-order valence-electron chi connectivity index (χ2n) is 6.64. The van der Waals surface area contributed by atoms with E-state index < -0.39 is 22.9 Å². The topological polar surface area (TPSA) is 89.6 Å². The quantitative estimate of drug-likeness (QED) is 0.884. The molecule has 2 unspecified atom stereocenters. The molecule has 24 heavy (non-hydrogen) atoms. The van der Waals surface area contributed by atoms with Crippen molar-refractivity contribution in [1.82, 2.24) is 0 Å². The monoisotopic (exact) mass is 323 g/mol. The lowest BCUT2D eigenvalue weighted by Gasteiger charge is -2.31. The van der Waals surface area contributed by atoms with Crippen LogP contribution in [-0.4, -0.2) is 16.8 Å². The van der Waals surface area contributed by atoms with Crippen LogP contribution in [0.5, 0.6) is 5.75 Å². The molecule has 1 heterocycles. The molecule has 0 spiro atoms. The van der Waals surface area contributed by atoms with Crippen LogP contribution in [0.1, 0.15) is 46.8 Å². The number of hydrogen-bond donors (Lipinski definition) is 2. The highest BCUT2D eigenvalue weighted by atomic mass is 16.5. The van der Waals surface area contributed by atoms with Crippen molar-refractivity contribution in [2.24, 2.45) is 5.73 Å². The van der Waals surface area contributed by atoms with Crippen LogP contribution >= 0.6 is 0 Å². The largest absolute Gasteiger partial charge is 0.468 e. The lowest BCUT2D eigenvalue weighted by atomic mass is 9.78. The second-order valence-corrected chi connectivity index (χ2v) is 6.64. The molecule has 2 aliphatic rings. The third-order valence-electron chi connectivity index (χ3n) is 5.06. The summed E-state index contributed by atoms with van der Waals surface area (Å²) in [5.74, 6) is -0.884. The zero-order chi connectivity index (χ0) is 17.3. The molecule has 0 saturated heterocycles. The smallest absolute Gasteiger partial charge is 0.270 e. The number of primary amides is 1. The lowest BCUT2D eigenvalue weighted by Crippen LogP contribution is -2.56. The standard InChI is InChI=1S/C19H17NO4/c1-10(2)11-7-8-14-15(9-11)24-19(17(20)22)13-6-4-3-5-12(13)16(21)18(14,19)23/h3-10,23H,1-2H3,(H2,20,22). The van der Waals surface area contributed by atoms with Crippen molar-refractivity contribution in [3.8, 4) is 5.75 Å². The summed E-state index contributed by atoms with van der Waals surface area (Å²) in [5, 5.41) is 11.3. The van der Waals surface area contributed by atoms with Gasteiger partial charge in [0, 0.05) is 16.7 Å². The highest BCUT2D eigenvalue weighted by Gasteiger charge is 2.73. The molecule has 5 nitrogen and oxygen atoms in total. The van der Waals surface area contributed by atoms with E-state index in [-0.39, 0.29) is 17.0 Å². The van der Waals surface area contributed by atoms with Gasteiger partial charge in [0.05, 0.1) is 0 Å². The van der Waals surface area contributed by atoms with Gasteiger partial charge in [0.1, 0.15) is 5.75 Å². The Hall–Kier alpha value is -2.66. The van der Waals surface area contributed by atoms with Gasteiger partial charge in [-0.3, -0.25) is 9.59 Å². The van der Waals surface area contributed by atoms with Crippen molar-refractivity contribution in [3.63, 3.8) is 0 Å². The summed E-state index contributed by atoms with van der Waals surface area (Å²) in [7, 11) is 0. The van der Waals surface area contributed by atoms with Gasteiger partial charge in [0.15, 0.2) is 0 Å². The number of ether oxygens (including phenoxy) is 1. The zero-order valence-electron chi connectivity index (χ0n) is 13.4. The van der Waals surface area contributed by atoms with Crippen LogP contribution in [0.2, 0.25) is 0 Å². The van der Waals surface area contributed by atoms with E-state index in [4.69, 9.17) is 10.5 Å². The molecule has 2 atom stereocenters. The molecule has 1 aliphatic heterocycles. The number of aliphatic hydroxyl groups is 1. The number of benzene rings is 2. The van der Waals surface area contributed by atoms with Gasteiger partial charge < -0.3 is 15.6 Å². The minimum Gasteiger partial charge on any atom is -0.468 e. The van der Waals surface area contributed by atoms with Crippen LogP contribution in [-0.2, 0) is 16.0 Å². The number of nitrogens with two attached hydrogens (primary N) is 1. The van der Waals surface area contributed by atoms with Gasteiger partial charge in [0.2, 0.25) is 11.4 Å². The van der Waals surface area contributed by atoms with E-state index in [0.29, 0.717) is 11.3 Å². The average molecular weight is 323 g/mol. The van der Waals surface area contributed by atoms with Crippen molar-refractivity contribution in [3.05, 3.63) is 64.7 Å². The molecular formula is C19H17NO4. The van der Waals surface area contributed by atoms with E-state index in [9.17, 15) is 14.7 Å². The van der Waals surface area contributed by atoms with E-state index in [1.165, 1.54) is 0 Å². The summed E-state index contributed by atoms with van der Waals surface area (Å²) in [5.41, 5.74) is 3.43. The van der Waals surface area contributed by atoms with Gasteiger partial charge in [-0.1, -0.05) is 50.2 Å². The molecule has 1 amide bonds. The van der Waals surface area contributed by atoms with Gasteiger partial charge >= 0.3 is 0 Å². The number of ketones is 1. The average Bonchev–Trinajstić information content (AvgIpc) is 2.94. The molecule has 0 aromatic heterocycles. The Bertz CT molecular complexity index is 904. The van der Waals surface area contributed by atoms with Crippen LogP contribution in [0.3, 0.4) is 0 Å². The normalized spacial score (nSPS) is 26.8. The number of Topliss-reactive ketones (excluding diaryl/α,β-unsaturated/α-hetero) is 1. The molecule has 0 radical (unpaired) electrons. The Kier molecular flexibility index (Phi) is 2.76. The summed E-state index contributed by atoms with van der Waals surface area (Å²) < 4.78 is 5.93. The maximum Gasteiger partial charge on any atom is 0.270 e. The first kappa shape index (κ1) is 14.9. The van der Waals surface area contributed by atoms with Crippen molar-refractivity contribution >= 4 is 11.7 Å². The van der Waals surface area contributed by atoms with E-state index in [0.717, 1.165) is 5.56 Å². The Morgan fingerprint density at radius 3 is 2.54 bits per heavy atom. The highest BCUT2D eigenvalue weighted by Crippen LogP contribution is 2.59. The van der Waals surface area contributed by atoms with E-state index in [1.54, 1.807) is 36.4 Å². The van der Waals surface area contributed by atoms with Crippen molar-refractivity contribution in [1.29, 1.82) is 0 Å². The van der Waals surface area contributed by atoms with Gasteiger partial charge in [-0.15, -0.1) is 0 Å². The first-order valence-electron chi connectivity index (χ1n) is 7.84. The molecule has 2 aromatic carbocycles. The minimum atomic E-state index is -2.13. The van der Waals surface area contributed by atoms with Crippen molar-refractivity contribution in [2.45, 2.75) is 31.0 Å². The van der Waals surface area contributed by atoms with Crippen LogP contribution < -0.4 is 10.5 Å².